The van der Waals surface area contributed by atoms with Gasteiger partial charge in [0.1, 0.15) is 0 Å². The fourth-order valence-electron chi connectivity index (χ4n) is 2.39. The largest absolute Gasteiger partial charge is 0.399 e. The number of amides is 1. The summed E-state index contributed by atoms with van der Waals surface area (Å²) in [6, 6.07) is 15.4. The number of nitrogens with two attached hydrogens (primary N) is 1. The monoisotopic (exact) mass is 300 g/mol. The average molecular weight is 301 g/mol. The van der Waals surface area contributed by atoms with Crippen LogP contribution >= 0.6 is 11.6 Å². The van der Waals surface area contributed by atoms with Crippen molar-refractivity contribution < 1.29 is 4.79 Å². The standard InChI is InChI=1S/C17H17ClN2O/c18-16-10-13(19)6-9-15(16)17(21)20(14-7-8-14)11-12-4-2-1-3-5-12/h1-6,9-10,14H,7-8,11,19H2. The Kier molecular flexibility index (Phi) is 3.84. The summed E-state index contributed by atoms with van der Waals surface area (Å²) in [5.41, 5.74) is 7.91. The molecule has 0 spiro atoms. The molecule has 0 aliphatic heterocycles. The number of hydrogen-bond acceptors (Lipinski definition) is 2. The number of hydrogen-bond donors (Lipinski definition) is 1. The molecule has 1 fully saturated rings. The normalized spacial score (nSPS) is 14.0. The molecule has 1 aliphatic carbocycles. The highest BCUT2D eigenvalue weighted by molar-refractivity contribution is 6.34. The number of halogens is 1. The van der Waals surface area contributed by atoms with Crippen molar-refractivity contribution in [2.24, 2.45) is 0 Å². The van der Waals surface area contributed by atoms with Gasteiger partial charge in [0.15, 0.2) is 0 Å². The quantitative estimate of drug-likeness (QED) is 0.875. The van der Waals surface area contributed by atoms with Crippen LogP contribution in [0.25, 0.3) is 0 Å². The third-order valence-electron chi connectivity index (χ3n) is 3.67. The SMILES string of the molecule is Nc1ccc(C(=O)N(Cc2ccccc2)C2CC2)c(Cl)c1. The molecule has 2 aromatic rings. The van der Waals surface area contributed by atoms with Gasteiger partial charge in [0.25, 0.3) is 5.91 Å². The Labute approximate surface area is 129 Å². The Morgan fingerprint density at radius 3 is 2.52 bits per heavy atom. The minimum absolute atomic E-state index is 0.0219. The van der Waals surface area contributed by atoms with E-state index in [-0.39, 0.29) is 5.91 Å². The molecule has 4 heteroatoms. The maximum absolute atomic E-state index is 12.8. The van der Waals surface area contributed by atoms with Crippen LogP contribution in [-0.2, 0) is 6.54 Å². The van der Waals surface area contributed by atoms with Gasteiger partial charge in [0.2, 0.25) is 0 Å². The van der Waals surface area contributed by atoms with E-state index >= 15 is 0 Å². The number of nitrogens with zero attached hydrogens (tertiary/aromatic N) is 1. The van der Waals surface area contributed by atoms with E-state index in [0.717, 1.165) is 18.4 Å². The Morgan fingerprint density at radius 1 is 1.19 bits per heavy atom. The van der Waals surface area contributed by atoms with E-state index in [2.05, 4.69) is 0 Å². The lowest BCUT2D eigenvalue weighted by Gasteiger charge is -2.23. The maximum atomic E-state index is 12.8. The summed E-state index contributed by atoms with van der Waals surface area (Å²) in [5.74, 6) is -0.0219. The molecule has 3 nitrogen and oxygen atoms in total. The van der Waals surface area contributed by atoms with Crippen LogP contribution in [-0.4, -0.2) is 16.8 Å². The molecule has 0 radical (unpaired) electrons. The molecule has 0 unspecified atom stereocenters. The summed E-state index contributed by atoms with van der Waals surface area (Å²) in [7, 11) is 0. The number of carbonyl (C=O) groups is 1. The Balaban J connectivity index is 1.85. The van der Waals surface area contributed by atoms with Crippen LogP contribution in [0.3, 0.4) is 0 Å². The molecule has 0 heterocycles. The van der Waals surface area contributed by atoms with Crippen molar-refractivity contribution in [2.75, 3.05) is 5.73 Å². The predicted molar refractivity (Wildman–Crippen MR) is 85.2 cm³/mol. The molecule has 1 aliphatic rings. The first-order valence-corrected chi connectivity index (χ1v) is 7.43. The van der Waals surface area contributed by atoms with E-state index in [1.807, 2.05) is 35.2 Å². The molecule has 0 saturated heterocycles. The molecule has 21 heavy (non-hydrogen) atoms. The molecule has 2 N–H and O–H groups in total. The summed E-state index contributed by atoms with van der Waals surface area (Å²) in [6.45, 7) is 0.616. The van der Waals surface area contributed by atoms with Crippen molar-refractivity contribution in [1.82, 2.24) is 4.90 Å². The number of anilines is 1. The molecule has 3 rings (SSSR count). The number of carbonyl (C=O) groups excluding carboxylic acids is 1. The van der Waals surface area contributed by atoms with Crippen molar-refractivity contribution in [3.8, 4) is 0 Å². The van der Waals surface area contributed by atoms with Crippen LogP contribution in [0.4, 0.5) is 5.69 Å². The fraction of sp³-hybridized carbons (Fsp3) is 0.235. The minimum atomic E-state index is -0.0219. The summed E-state index contributed by atoms with van der Waals surface area (Å²) in [5, 5.41) is 0.415. The van der Waals surface area contributed by atoms with Crippen LogP contribution in [0.5, 0.6) is 0 Å². The van der Waals surface area contributed by atoms with Crippen LogP contribution in [0.15, 0.2) is 48.5 Å². The highest BCUT2D eigenvalue weighted by Crippen LogP contribution is 2.31. The molecule has 0 atom stereocenters. The second kappa shape index (κ2) is 5.78. The van der Waals surface area contributed by atoms with Gasteiger partial charge in [0, 0.05) is 18.3 Å². The molecule has 2 aromatic carbocycles. The zero-order valence-electron chi connectivity index (χ0n) is 11.6. The second-order valence-corrected chi connectivity index (χ2v) is 5.80. The van der Waals surface area contributed by atoms with Gasteiger partial charge in [0.05, 0.1) is 10.6 Å². The highest BCUT2D eigenvalue weighted by Gasteiger charge is 2.33. The van der Waals surface area contributed by atoms with Gasteiger partial charge in [-0.25, -0.2) is 0 Å². The first-order valence-electron chi connectivity index (χ1n) is 7.05. The smallest absolute Gasteiger partial charge is 0.255 e. The summed E-state index contributed by atoms with van der Waals surface area (Å²) in [6.07, 6.45) is 2.12. The van der Waals surface area contributed by atoms with Crippen LogP contribution in [0.1, 0.15) is 28.8 Å². The third kappa shape index (κ3) is 3.19. The van der Waals surface area contributed by atoms with Gasteiger partial charge in [-0.2, -0.15) is 0 Å². The lowest BCUT2D eigenvalue weighted by atomic mass is 10.1. The fourth-order valence-corrected chi connectivity index (χ4v) is 2.66. The lowest BCUT2D eigenvalue weighted by molar-refractivity contribution is 0.0730. The number of rotatable bonds is 4. The van der Waals surface area contributed by atoms with E-state index in [9.17, 15) is 4.79 Å². The molecular formula is C17H17ClN2O. The highest BCUT2D eigenvalue weighted by atomic mass is 35.5. The summed E-state index contributed by atoms with van der Waals surface area (Å²) in [4.78, 5) is 14.7. The van der Waals surface area contributed by atoms with E-state index in [0.29, 0.717) is 28.9 Å². The lowest BCUT2D eigenvalue weighted by Crippen LogP contribution is -2.32. The Morgan fingerprint density at radius 2 is 1.90 bits per heavy atom. The average Bonchev–Trinajstić information content (AvgIpc) is 3.30. The van der Waals surface area contributed by atoms with E-state index in [4.69, 9.17) is 17.3 Å². The van der Waals surface area contributed by atoms with Crippen molar-refractivity contribution in [3.63, 3.8) is 0 Å². The van der Waals surface area contributed by atoms with Crippen LogP contribution in [0, 0.1) is 0 Å². The van der Waals surface area contributed by atoms with Crippen LogP contribution < -0.4 is 5.73 Å². The van der Waals surface area contributed by atoms with Gasteiger partial charge < -0.3 is 10.6 Å². The molecule has 108 valence electrons. The number of nitrogen functional groups attached to an aromatic ring is 1. The predicted octanol–water partition coefficient (Wildman–Crippen LogP) is 3.73. The van der Waals surface area contributed by atoms with Gasteiger partial charge in [-0.15, -0.1) is 0 Å². The zero-order chi connectivity index (χ0) is 14.8. The van der Waals surface area contributed by atoms with Crippen molar-refractivity contribution in [1.29, 1.82) is 0 Å². The Hall–Kier alpha value is -2.00. The molecule has 1 saturated carbocycles. The summed E-state index contributed by atoms with van der Waals surface area (Å²) >= 11 is 6.17. The molecule has 1 amide bonds. The van der Waals surface area contributed by atoms with Crippen molar-refractivity contribution >= 4 is 23.2 Å². The molecule has 0 aromatic heterocycles. The van der Waals surface area contributed by atoms with Gasteiger partial charge in [-0.1, -0.05) is 41.9 Å². The topological polar surface area (TPSA) is 46.3 Å². The van der Waals surface area contributed by atoms with Gasteiger partial charge in [-0.05, 0) is 36.6 Å². The number of benzene rings is 2. The Bertz CT molecular complexity index is 653. The second-order valence-electron chi connectivity index (χ2n) is 5.39. The van der Waals surface area contributed by atoms with E-state index in [1.165, 1.54) is 0 Å². The van der Waals surface area contributed by atoms with E-state index < -0.39 is 0 Å². The zero-order valence-corrected chi connectivity index (χ0v) is 12.4. The van der Waals surface area contributed by atoms with Gasteiger partial charge in [-0.3, -0.25) is 4.79 Å². The third-order valence-corrected chi connectivity index (χ3v) is 3.98. The van der Waals surface area contributed by atoms with Crippen molar-refractivity contribution in [2.45, 2.75) is 25.4 Å². The van der Waals surface area contributed by atoms with Crippen LogP contribution in [0.2, 0.25) is 5.02 Å². The first kappa shape index (κ1) is 14.0. The summed E-state index contributed by atoms with van der Waals surface area (Å²) < 4.78 is 0. The minimum Gasteiger partial charge on any atom is -0.399 e. The maximum Gasteiger partial charge on any atom is 0.255 e. The molecular weight excluding hydrogens is 284 g/mol. The first-order chi connectivity index (χ1) is 10.1. The van der Waals surface area contributed by atoms with Gasteiger partial charge >= 0.3 is 0 Å². The van der Waals surface area contributed by atoms with Crippen molar-refractivity contribution in [3.05, 3.63) is 64.7 Å². The molecule has 0 bridgehead atoms. The van der Waals surface area contributed by atoms with E-state index in [1.54, 1.807) is 18.2 Å².